The molecule has 1 aromatic heterocycles. The maximum absolute atomic E-state index is 11.8. The van der Waals surface area contributed by atoms with E-state index in [2.05, 4.69) is 4.98 Å². The Kier molecular flexibility index (Phi) is 6.25. The fourth-order valence-electron chi connectivity index (χ4n) is 2.72. The summed E-state index contributed by atoms with van der Waals surface area (Å²) in [4.78, 5) is 16.4. The van der Waals surface area contributed by atoms with Crippen LogP contribution in [0, 0.1) is 11.3 Å². The van der Waals surface area contributed by atoms with E-state index in [0.29, 0.717) is 12.2 Å². The molecule has 0 aliphatic heterocycles. The van der Waals surface area contributed by atoms with E-state index >= 15 is 0 Å². The van der Waals surface area contributed by atoms with Gasteiger partial charge in [0.05, 0.1) is 24.4 Å². The monoisotopic (exact) mass is 351 g/mol. The lowest BCUT2D eigenvalue weighted by Crippen LogP contribution is -2.37. The zero-order chi connectivity index (χ0) is 16.9. The van der Waals surface area contributed by atoms with Gasteiger partial charge in [-0.05, 0) is 24.5 Å². The van der Waals surface area contributed by atoms with E-state index in [1.54, 1.807) is 0 Å². The highest BCUT2D eigenvalue weighted by atomic mass is 32.2. The quantitative estimate of drug-likeness (QED) is 0.570. The normalized spacial score (nSPS) is 14.6. The number of aliphatic carboxylic acids is 1. The molecular formula is C17H22NO3PS. The van der Waals surface area contributed by atoms with Gasteiger partial charge in [0.25, 0.3) is 0 Å². The van der Waals surface area contributed by atoms with Gasteiger partial charge >= 0.3 is 5.97 Å². The van der Waals surface area contributed by atoms with Gasteiger partial charge in [0.2, 0.25) is 0 Å². The Morgan fingerprint density at radius 1 is 1.30 bits per heavy atom. The molecule has 2 atom stereocenters. The number of pyridine rings is 1. The summed E-state index contributed by atoms with van der Waals surface area (Å²) < 4.78 is 11.2. The third kappa shape index (κ3) is 4.58. The van der Waals surface area contributed by atoms with E-state index in [-0.39, 0.29) is 12.1 Å². The molecule has 0 bridgehead atoms. The molecule has 0 aliphatic rings. The highest BCUT2D eigenvalue weighted by molar-refractivity contribution is 7.99. The molecule has 6 heteroatoms. The molecule has 2 rings (SSSR count). The summed E-state index contributed by atoms with van der Waals surface area (Å²) in [5, 5.41) is 11.6. The molecule has 0 amide bonds. The van der Waals surface area contributed by atoms with Crippen molar-refractivity contribution in [3.63, 3.8) is 0 Å². The number of para-hydroxylation sites is 1. The number of hydrogen-bond donors (Lipinski definition) is 1. The van der Waals surface area contributed by atoms with Crippen LogP contribution in [0.2, 0.25) is 0 Å². The first-order valence-corrected chi connectivity index (χ1v) is 9.90. The predicted molar refractivity (Wildman–Crippen MR) is 97.3 cm³/mol. The minimum atomic E-state index is -1.09. The minimum absolute atomic E-state index is 0.237. The molecule has 2 unspecified atom stereocenters. The molecule has 23 heavy (non-hydrogen) atoms. The van der Waals surface area contributed by atoms with Crippen molar-refractivity contribution in [3.05, 3.63) is 36.4 Å². The SMILES string of the molecule is CC(C)CC(C[PH2]=O)(CSc1ccc2ccccc2n1)C(=O)O. The van der Waals surface area contributed by atoms with E-state index in [9.17, 15) is 14.5 Å². The Bertz CT molecular complexity index is 707. The van der Waals surface area contributed by atoms with Crippen LogP contribution in [0.4, 0.5) is 0 Å². The van der Waals surface area contributed by atoms with Crippen LogP contribution in [0.3, 0.4) is 0 Å². The number of carboxylic acid groups (broad SMARTS) is 1. The fourth-order valence-corrected chi connectivity index (χ4v) is 4.84. The van der Waals surface area contributed by atoms with Crippen LogP contribution in [0.15, 0.2) is 41.4 Å². The van der Waals surface area contributed by atoms with Crippen LogP contribution in [0.25, 0.3) is 10.9 Å². The first-order valence-electron chi connectivity index (χ1n) is 7.62. The number of carboxylic acids is 1. The second-order valence-corrected chi connectivity index (χ2v) is 7.92. The molecule has 124 valence electrons. The van der Waals surface area contributed by atoms with Crippen molar-refractivity contribution in [1.82, 2.24) is 4.98 Å². The molecule has 1 aromatic carbocycles. The largest absolute Gasteiger partial charge is 0.481 e. The van der Waals surface area contributed by atoms with E-state index in [0.717, 1.165) is 15.9 Å². The second kappa shape index (κ2) is 7.98. The first kappa shape index (κ1) is 18.0. The highest BCUT2D eigenvalue weighted by Gasteiger charge is 2.38. The molecular weight excluding hydrogens is 329 g/mol. The van der Waals surface area contributed by atoms with Crippen molar-refractivity contribution in [2.75, 3.05) is 11.9 Å². The van der Waals surface area contributed by atoms with E-state index < -0.39 is 19.8 Å². The van der Waals surface area contributed by atoms with Crippen LogP contribution >= 0.6 is 20.2 Å². The zero-order valence-corrected chi connectivity index (χ0v) is 15.3. The third-order valence-corrected chi connectivity index (χ3v) is 5.96. The number of carbonyl (C=O) groups is 1. The van der Waals surface area contributed by atoms with E-state index in [1.165, 1.54) is 11.8 Å². The predicted octanol–water partition coefficient (Wildman–Crippen LogP) is 4.20. The Morgan fingerprint density at radius 2 is 2.04 bits per heavy atom. The van der Waals surface area contributed by atoms with Gasteiger partial charge in [-0.25, -0.2) is 4.98 Å². The average Bonchev–Trinajstić information content (AvgIpc) is 2.52. The number of benzene rings is 1. The summed E-state index contributed by atoms with van der Waals surface area (Å²) in [5.74, 6) is -0.230. The molecule has 0 fully saturated rings. The topological polar surface area (TPSA) is 67.3 Å². The molecule has 0 spiro atoms. The third-order valence-electron chi connectivity index (χ3n) is 3.80. The number of fused-ring (bicyclic) bond motifs is 1. The van der Waals surface area contributed by atoms with Gasteiger partial charge in [0, 0.05) is 17.3 Å². The summed E-state index contributed by atoms with van der Waals surface area (Å²) >= 11 is 1.43. The number of thioether (sulfide) groups is 1. The maximum atomic E-state index is 11.8. The standard InChI is InChI=1S/C17H22NO3PS/c1-12(2)9-17(10-22-21,16(19)20)11-23-15-8-7-13-5-3-4-6-14(13)18-15/h3-8,12H,9-11,22H2,1-2H3,(H,19,20). The average molecular weight is 351 g/mol. The summed E-state index contributed by atoms with van der Waals surface area (Å²) in [6.45, 7) is 3.99. The van der Waals surface area contributed by atoms with Crippen LogP contribution in [0.1, 0.15) is 20.3 Å². The summed E-state index contributed by atoms with van der Waals surface area (Å²) in [5.41, 5.74) is -0.0415. The van der Waals surface area contributed by atoms with Crippen molar-refractivity contribution < 1.29 is 14.5 Å². The fraction of sp³-hybridized carbons (Fsp3) is 0.412. The van der Waals surface area contributed by atoms with Gasteiger partial charge < -0.3 is 9.67 Å². The minimum Gasteiger partial charge on any atom is -0.481 e. The Hall–Kier alpha value is -1.32. The second-order valence-electron chi connectivity index (χ2n) is 6.19. The van der Waals surface area contributed by atoms with Crippen LogP contribution < -0.4 is 0 Å². The summed E-state index contributed by atoms with van der Waals surface area (Å²) in [7, 11) is -1.09. The van der Waals surface area contributed by atoms with Crippen molar-refractivity contribution in [1.29, 1.82) is 0 Å². The van der Waals surface area contributed by atoms with Gasteiger partial charge in [-0.3, -0.25) is 4.79 Å². The first-order chi connectivity index (χ1) is 11.0. The van der Waals surface area contributed by atoms with Gasteiger partial charge in [-0.2, -0.15) is 0 Å². The van der Waals surface area contributed by atoms with Gasteiger partial charge in [-0.1, -0.05) is 38.1 Å². The summed E-state index contributed by atoms with van der Waals surface area (Å²) in [6, 6.07) is 11.8. The molecule has 0 saturated heterocycles. The molecule has 0 saturated carbocycles. The van der Waals surface area contributed by atoms with Crippen LogP contribution in [-0.2, 0) is 9.36 Å². The smallest absolute Gasteiger partial charge is 0.310 e. The molecule has 1 heterocycles. The van der Waals surface area contributed by atoms with Crippen LogP contribution in [-0.4, -0.2) is 28.0 Å². The summed E-state index contributed by atoms with van der Waals surface area (Å²) in [6.07, 6.45) is 0.763. The Balaban J connectivity index is 2.21. The van der Waals surface area contributed by atoms with Crippen molar-refractivity contribution in [2.45, 2.75) is 25.3 Å². The lowest BCUT2D eigenvalue weighted by atomic mass is 9.83. The highest BCUT2D eigenvalue weighted by Crippen LogP contribution is 2.36. The Morgan fingerprint density at radius 3 is 2.70 bits per heavy atom. The van der Waals surface area contributed by atoms with Crippen molar-refractivity contribution in [2.24, 2.45) is 11.3 Å². The number of hydrogen-bond acceptors (Lipinski definition) is 4. The molecule has 4 nitrogen and oxygen atoms in total. The molecule has 0 radical (unpaired) electrons. The van der Waals surface area contributed by atoms with E-state index in [1.807, 2.05) is 50.2 Å². The Labute approximate surface area is 141 Å². The van der Waals surface area contributed by atoms with Crippen molar-refractivity contribution in [3.8, 4) is 0 Å². The molecule has 0 aliphatic carbocycles. The van der Waals surface area contributed by atoms with Crippen LogP contribution in [0.5, 0.6) is 0 Å². The molecule has 1 N–H and O–H groups in total. The zero-order valence-electron chi connectivity index (χ0n) is 13.4. The number of nitrogens with zero attached hydrogens (tertiary/aromatic N) is 1. The number of rotatable bonds is 8. The van der Waals surface area contributed by atoms with E-state index in [4.69, 9.17) is 0 Å². The maximum Gasteiger partial charge on any atom is 0.310 e. The van der Waals surface area contributed by atoms with Gasteiger partial charge in [0.1, 0.15) is 0 Å². The van der Waals surface area contributed by atoms with Gasteiger partial charge in [0.15, 0.2) is 0 Å². The lowest BCUT2D eigenvalue weighted by Gasteiger charge is -2.29. The number of aromatic nitrogens is 1. The van der Waals surface area contributed by atoms with Crippen molar-refractivity contribution >= 4 is 37.1 Å². The lowest BCUT2D eigenvalue weighted by molar-refractivity contribution is -0.147. The van der Waals surface area contributed by atoms with Gasteiger partial charge in [-0.15, -0.1) is 11.8 Å². The molecule has 2 aromatic rings.